The Hall–Kier alpha value is -1.84. The minimum absolute atomic E-state index is 0.0236. The third kappa shape index (κ3) is 5.58. The van der Waals surface area contributed by atoms with Gasteiger partial charge < -0.3 is 10.6 Å². The number of hydrogen-bond acceptors (Lipinski definition) is 2. The van der Waals surface area contributed by atoms with Gasteiger partial charge in [0.25, 0.3) is 0 Å². The number of amides is 1. The second-order valence-electron chi connectivity index (χ2n) is 4.78. The monoisotopic (exact) mass is 302 g/mol. The van der Waals surface area contributed by atoms with E-state index in [1.54, 1.807) is 0 Å². The van der Waals surface area contributed by atoms with Crippen LogP contribution < -0.4 is 10.6 Å². The molecule has 0 fully saturated rings. The zero-order valence-corrected chi connectivity index (χ0v) is 12.6. The minimum atomic E-state index is 0.0236. The van der Waals surface area contributed by atoms with Gasteiger partial charge in [-0.15, -0.1) is 0 Å². The summed E-state index contributed by atoms with van der Waals surface area (Å²) in [6.07, 6.45) is 0.456. The number of hydrogen-bond donors (Lipinski definition) is 2. The Balaban J connectivity index is 1.63. The molecule has 3 nitrogen and oxygen atoms in total. The Morgan fingerprint density at radius 3 is 2.43 bits per heavy atom. The zero-order valence-electron chi connectivity index (χ0n) is 11.8. The summed E-state index contributed by atoms with van der Waals surface area (Å²) in [7, 11) is 0. The van der Waals surface area contributed by atoms with Gasteiger partial charge in [0.2, 0.25) is 5.91 Å². The first-order valence-corrected chi connectivity index (χ1v) is 7.38. The summed E-state index contributed by atoms with van der Waals surface area (Å²) in [6.45, 7) is 1.90. The first-order chi connectivity index (χ1) is 10.3. The fourth-order valence-corrected chi connectivity index (χ4v) is 2.16. The maximum Gasteiger partial charge on any atom is 0.221 e. The van der Waals surface area contributed by atoms with E-state index in [0.717, 1.165) is 12.1 Å². The summed E-state index contributed by atoms with van der Waals surface area (Å²) in [5.41, 5.74) is 2.15. The van der Waals surface area contributed by atoms with Crippen LogP contribution in [0.3, 0.4) is 0 Å². The van der Waals surface area contributed by atoms with Crippen LogP contribution in [0.2, 0.25) is 5.02 Å². The predicted octanol–water partition coefficient (Wildman–Crippen LogP) is 3.14. The summed E-state index contributed by atoms with van der Waals surface area (Å²) >= 11 is 6.04. The van der Waals surface area contributed by atoms with Crippen LogP contribution in [0, 0.1) is 0 Å². The fraction of sp³-hybridized carbons (Fsp3) is 0.235. The van der Waals surface area contributed by atoms with Crippen molar-refractivity contribution in [1.29, 1.82) is 0 Å². The molecule has 0 saturated carbocycles. The number of nitrogens with one attached hydrogen (secondary N) is 2. The summed E-state index contributed by atoms with van der Waals surface area (Å²) in [6, 6.07) is 17.7. The van der Waals surface area contributed by atoms with Gasteiger partial charge in [-0.3, -0.25) is 4.79 Å². The smallest absolute Gasteiger partial charge is 0.221 e. The molecule has 0 unspecified atom stereocenters. The van der Waals surface area contributed by atoms with Crippen molar-refractivity contribution in [2.75, 3.05) is 6.54 Å². The molecule has 0 atom stereocenters. The highest BCUT2D eigenvalue weighted by molar-refractivity contribution is 6.31. The van der Waals surface area contributed by atoms with Crippen molar-refractivity contribution in [1.82, 2.24) is 10.6 Å². The highest BCUT2D eigenvalue weighted by atomic mass is 35.5. The molecule has 2 N–H and O–H groups in total. The zero-order chi connectivity index (χ0) is 14.9. The number of rotatable bonds is 7. The SMILES string of the molecule is O=C(CCNCc1ccccc1)NCc1ccccc1Cl. The van der Waals surface area contributed by atoms with E-state index in [4.69, 9.17) is 11.6 Å². The lowest BCUT2D eigenvalue weighted by Crippen LogP contribution is -2.27. The molecular formula is C17H19ClN2O. The second-order valence-corrected chi connectivity index (χ2v) is 5.19. The Morgan fingerprint density at radius 1 is 0.952 bits per heavy atom. The van der Waals surface area contributed by atoms with Gasteiger partial charge in [0.05, 0.1) is 0 Å². The molecule has 21 heavy (non-hydrogen) atoms. The van der Waals surface area contributed by atoms with Crippen molar-refractivity contribution >= 4 is 17.5 Å². The van der Waals surface area contributed by atoms with Gasteiger partial charge in [-0.1, -0.05) is 60.1 Å². The van der Waals surface area contributed by atoms with E-state index >= 15 is 0 Å². The largest absolute Gasteiger partial charge is 0.352 e. The summed E-state index contributed by atoms with van der Waals surface area (Å²) in [4.78, 5) is 11.7. The Kier molecular flexibility index (Phi) is 6.25. The van der Waals surface area contributed by atoms with E-state index in [1.807, 2.05) is 42.5 Å². The van der Waals surface area contributed by atoms with Crippen LogP contribution in [0.1, 0.15) is 17.5 Å². The van der Waals surface area contributed by atoms with Gasteiger partial charge in [-0.25, -0.2) is 0 Å². The predicted molar refractivity (Wildman–Crippen MR) is 86.1 cm³/mol. The Morgan fingerprint density at radius 2 is 1.67 bits per heavy atom. The van der Waals surface area contributed by atoms with Crippen LogP contribution in [0.25, 0.3) is 0 Å². The first kappa shape index (κ1) is 15.5. The molecule has 0 aliphatic heterocycles. The highest BCUT2D eigenvalue weighted by Gasteiger charge is 2.03. The molecule has 110 valence electrons. The van der Waals surface area contributed by atoms with Crippen LogP contribution in [-0.2, 0) is 17.9 Å². The van der Waals surface area contributed by atoms with E-state index in [1.165, 1.54) is 5.56 Å². The topological polar surface area (TPSA) is 41.1 Å². The quantitative estimate of drug-likeness (QED) is 0.772. The molecule has 0 saturated heterocycles. The van der Waals surface area contributed by atoms with Crippen LogP contribution >= 0.6 is 11.6 Å². The standard InChI is InChI=1S/C17H19ClN2O/c18-16-9-5-4-8-15(16)13-20-17(21)10-11-19-12-14-6-2-1-3-7-14/h1-9,19H,10-13H2,(H,20,21). The molecule has 2 rings (SSSR count). The number of carbonyl (C=O) groups is 1. The molecule has 0 bridgehead atoms. The molecule has 0 aliphatic rings. The maximum absolute atomic E-state index is 11.7. The third-order valence-electron chi connectivity index (χ3n) is 3.13. The van der Waals surface area contributed by atoms with Crippen molar-refractivity contribution in [2.45, 2.75) is 19.5 Å². The Bertz CT molecular complexity index is 572. The first-order valence-electron chi connectivity index (χ1n) is 7.00. The molecule has 0 aromatic heterocycles. The van der Waals surface area contributed by atoms with E-state index in [-0.39, 0.29) is 5.91 Å². The van der Waals surface area contributed by atoms with Crippen LogP contribution in [-0.4, -0.2) is 12.5 Å². The summed E-state index contributed by atoms with van der Waals surface area (Å²) < 4.78 is 0. The average Bonchev–Trinajstić information content (AvgIpc) is 2.52. The van der Waals surface area contributed by atoms with Gasteiger partial charge in [0.15, 0.2) is 0 Å². The summed E-state index contributed by atoms with van der Waals surface area (Å²) in [5, 5.41) is 6.81. The molecule has 2 aromatic rings. The van der Waals surface area contributed by atoms with Gasteiger partial charge in [0.1, 0.15) is 0 Å². The van der Waals surface area contributed by atoms with Gasteiger partial charge >= 0.3 is 0 Å². The number of halogens is 1. The van der Waals surface area contributed by atoms with Crippen LogP contribution in [0.4, 0.5) is 0 Å². The summed E-state index contributed by atoms with van der Waals surface area (Å²) in [5.74, 6) is 0.0236. The molecule has 0 aliphatic carbocycles. The lowest BCUT2D eigenvalue weighted by Gasteiger charge is -2.08. The lowest BCUT2D eigenvalue weighted by molar-refractivity contribution is -0.121. The lowest BCUT2D eigenvalue weighted by atomic mass is 10.2. The Labute approximate surface area is 130 Å². The van der Waals surface area contributed by atoms with Gasteiger partial charge in [-0.2, -0.15) is 0 Å². The van der Waals surface area contributed by atoms with Crippen LogP contribution in [0.5, 0.6) is 0 Å². The molecule has 0 spiro atoms. The third-order valence-corrected chi connectivity index (χ3v) is 3.50. The molecule has 2 aromatic carbocycles. The fourth-order valence-electron chi connectivity index (χ4n) is 1.95. The second kappa shape index (κ2) is 8.45. The minimum Gasteiger partial charge on any atom is -0.352 e. The molecule has 0 heterocycles. The molecule has 0 radical (unpaired) electrons. The van der Waals surface area contributed by atoms with Crippen molar-refractivity contribution < 1.29 is 4.79 Å². The van der Waals surface area contributed by atoms with E-state index in [9.17, 15) is 4.79 Å². The van der Waals surface area contributed by atoms with Crippen molar-refractivity contribution in [3.63, 3.8) is 0 Å². The normalized spacial score (nSPS) is 10.3. The molecular weight excluding hydrogens is 284 g/mol. The van der Waals surface area contributed by atoms with Gasteiger partial charge in [0, 0.05) is 31.1 Å². The molecule has 4 heteroatoms. The molecule has 1 amide bonds. The van der Waals surface area contributed by atoms with E-state index in [0.29, 0.717) is 24.5 Å². The number of benzene rings is 2. The van der Waals surface area contributed by atoms with Crippen molar-refractivity contribution in [3.05, 3.63) is 70.7 Å². The van der Waals surface area contributed by atoms with Crippen LogP contribution in [0.15, 0.2) is 54.6 Å². The average molecular weight is 303 g/mol. The number of carbonyl (C=O) groups excluding carboxylic acids is 1. The van der Waals surface area contributed by atoms with E-state index in [2.05, 4.69) is 22.8 Å². The van der Waals surface area contributed by atoms with Gasteiger partial charge in [-0.05, 0) is 17.2 Å². The maximum atomic E-state index is 11.7. The highest BCUT2D eigenvalue weighted by Crippen LogP contribution is 2.14. The van der Waals surface area contributed by atoms with E-state index < -0.39 is 0 Å². The van der Waals surface area contributed by atoms with Crippen molar-refractivity contribution in [3.8, 4) is 0 Å². The van der Waals surface area contributed by atoms with Crippen molar-refractivity contribution in [2.24, 2.45) is 0 Å².